The Morgan fingerprint density at radius 3 is 2.56 bits per heavy atom. The minimum Gasteiger partial charge on any atom is -0.380 e. The molecular weight excluding hydrogens is 381 g/mol. The van der Waals surface area contributed by atoms with E-state index in [1.807, 2.05) is 30.3 Å². The van der Waals surface area contributed by atoms with Gasteiger partial charge in [0.15, 0.2) is 0 Å². The van der Waals surface area contributed by atoms with Crippen molar-refractivity contribution in [2.24, 2.45) is 0 Å². The monoisotopic (exact) mass is 401 g/mol. The molecule has 25 heavy (non-hydrogen) atoms. The number of benzene rings is 2. The molecule has 1 atom stereocenters. The molecule has 1 amide bonds. The summed E-state index contributed by atoms with van der Waals surface area (Å²) < 4.78 is 0. The highest BCUT2D eigenvalue weighted by atomic mass is 35.5. The SMILES string of the molecule is Cl.Cl.O=C(Nc1ccc(NCc2ccccc2)c(Cl)c1)C1CCCN1. The van der Waals surface area contributed by atoms with E-state index in [9.17, 15) is 4.79 Å². The number of halogens is 3. The highest BCUT2D eigenvalue weighted by Gasteiger charge is 2.21. The molecule has 136 valence electrons. The van der Waals surface area contributed by atoms with Gasteiger partial charge in [-0.3, -0.25) is 4.79 Å². The second-order valence-electron chi connectivity index (χ2n) is 5.67. The zero-order valence-corrected chi connectivity index (χ0v) is 16.0. The van der Waals surface area contributed by atoms with Gasteiger partial charge in [0.25, 0.3) is 0 Å². The van der Waals surface area contributed by atoms with Crippen LogP contribution in [0.2, 0.25) is 5.02 Å². The van der Waals surface area contributed by atoms with Gasteiger partial charge < -0.3 is 16.0 Å². The first kappa shape index (κ1) is 21.6. The van der Waals surface area contributed by atoms with Crippen molar-refractivity contribution in [1.29, 1.82) is 0 Å². The summed E-state index contributed by atoms with van der Waals surface area (Å²) in [6.45, 7) is 1.61. The normalized spacial score (nSPS) is 15.6. The first-order chi connectivity index (χ1) is 11.2. The molecule has 0 bridgehead atoms. The molecule has 1 aliphatic rings. The molecular formula is C18H22Cl3N3O. The van der Waals surface area contributed by atoms with E-state index in [-0.39, 0.29) is 36.8 Å². The number of hydrogen-bond acceptors (Lipinski definition) is 3. The number of anilines is 2. The molecule has 2 aromatic carbocycles. The smallest absolute Gasteiger partial charge is 0.241 e. The zero-order chi connectivity index (χ0) is 16.1. The molecule has 3 N–H and O–H groups in total. The van der Waals surface area contributed by atoms with Crippen LogP contribution in [0.1, 0.15) is 18.4 Å². The van der Waals surface area contributed by atoms with Crippen molar-refractivity contribution in [3.05, 3.63) is 59.1 Å². The number of amides is 1. The van der Waals surface area contributed by atoms with E-state index >= 15 is 0 Å². The first-order valence-corrected chi connectivity index (χ1v) is 8.22. The molecule has 0 spiro atoms. The Kier molecular flexibility index (Phi) is 9.08. The number of carbonyl (C=O) groups is 1. The fraction of sp³-hybridized carbons (Fsp3) is 0.278. The summed E-state index contributed by atoms with van der Waals surface area (Å²) >= 11 is 6.31. The van der Waals surface area contributed by atoms with Crippen LogP contribution in [-0.2, 0) is 11.3 Å². The summed E-state index contributed by atoms with van der Waals surface area (Å²) in [5.74, 6) is 0.00330. The van der Waals surface area contributed by atoms with Gasteiger partial charge in [-0.15, -0.1) is 24.8 Å². The second-order valence-corrected chi connectivity index (χ2v) is 6.08. The molecule has 1 unspecified atom stereocenters. The minimum absolute atomic E-state index is 0. The number of carbonyl (C=O) groups excluding carboxylic acids is 1. The highest BCUT2D eigenvalue weighted by molar-refractivity contribution is 6.33. The topological polar surface area (TPSA) is 53.2 Å². The van der Waals surface area contributed by atoms with Crippen molar-refractivity contribution >= 4 is 53.7 Å². The van der Waals surface area contributed by atoms with Gasteiger partial charge in [0.05, 0.1) is 16.8 Å². The Morgan fingerprint density at radius 1 is 1.16 bits per heavy atom. The van der Waals surface area contributed by atoms with Crippen LogP contribution < -0.4 is 16.0 Å². The van der Waals surface area contributed by atoms with Crippen molar-refractivity contribution in [3.8, 4) is 0 Å². The summed E-state index contributed by atoms with van der Waals surface area (Å²) in [5.41, 5.74) is 2.76. The van der Waals surface area contributed by atoms with Gasteiger partial charge in [0, 0.05) is 12.2 Å². The zero-order valence-electron chi connectivity index (χ0n) is 13.6. The van der Waals surface area contributed by atoms with Gasteiger partial charge in [0.2, 0.25) is 5.91 Å². The molecule has 7 heteroatoms. The van der Waals surface area contributed by atoms with Crippen LogP contribution in [0.15, 0.2) is 48.5 Å². The molecule has 1 fully saturated rings. The molecule has 1 heterocycles. The molecule has 0 saturated carbocycles. The highest BCUT2D eigenvalue weighted by Crippen LogP contribution is 2.26. The van der Waals surface area contributed by atoms with Gasteiger partial charge in [0.1, 0.15) is 0 Å². The number of nitrogens with one attached hydrogen (secondary N) is 3. The molecule has 1 saturated heterocycles. The second kappa shape index (κ2) is 10.5. The van der Waals surface area contributed by atoms with Crippen molar-refractivity contribution in [2.75, 3.05) is 17.2 Å². The lowest BCUT2D eigenvalue weighted by atomic mass is 10.2. The molecule has 4 nitrogen and oxygen atoms in total. The Balaban J connectivity index is 0.00000156. The minimum atomic E-state index is -0.0929. The fourth-order valence-electron chi connectivity index (χ4n) is 2.67. The van der Waals surface area contributed by atoms with E-state index in [1.165, 1.54) is 5.56 Å². The summed E-state index contributed by atoms with van der Waals surface area (Å²) in [6.07, 6.45) is 1.93. The largest absolute Gasteiger partial charge is 0.380 e. The quantitative estimate of drug-likeness (QED) is 0.691. The van der Waals surface area contributed by atoms with Crippen molar-refractivity contribution in [3.63, 3.8) is 0 Å². The molecule has 0 radical (unpaired) electrons. The van der Waals surface area contributed by atoms with E-state index < -0.39 is 0 Å². The fourth-order valence-corrected chi connectivity index (χ4v) is 2.91. The summed E-state index contributed by atoms with van der Waals surface area (Å²) in [6, 6.07) is 15.6. The van der Waals surface area contributed by atoms with Crippen LogP contribution >= 0.6 is 36.4 Å². The summed E-state index contributed by atoms with van der Waals surface area (Å²) in [7, 11) is 0. The van der Waals surface area contributed by atoms with Crippen molar-refractivity contribution in [2.45, 2.75) is 25.4 Å². The Hall–Kier alpha value is -1.46. The molecule has 2 aromatic rings. The average Bonchev–Trinajstić information content (AvgIpc) is 3.10. The molecule has 3 rings (SSSR count). The van der Waals surface area contributed by atoms with E-state index in [2.05, 4.69) is 28.1 Å². The van der Waals surface area contributed by atoms with E-state index in [4.69, 9.17) is 11.6 Å². The van der Waals surface area contributed by atoms with Crippen LogP contribution in [0.5, 0.6) is 0 Å². The van der Waals surface area contributed by atoms with Gasteiger partial charge in [-0.25, -0.2) is 0 Å². The van der Waals surface area contributed by atoms with Crippen LogP contribution in [0.25, 0.3) is 0 Å². The Labute approximate surface area is 165 Å². The Morgan fingerprint density at radius 2 is 1.92 bits per heavy atom. The maximum Gasteiger partial charge on any atom is 0.241 e. The van der Waals surface area contributed by atoms with Crippen LogP contribution in [-0.4, -0.2) is 18.5 Å². The van der Waals surface area contributed by atoms with Gasteiger partial charge in [-0.05, 0) is 43.1 Å². The standard InChI is InChI=1S/C18H20ClN3O.2ClH/c19-15-11-14(22-18(23)17-7-4-10-20-17)8-9-16(15)21-12-13-5-2-1-3-6-13;;/h1-3,5-6,8-9,11,17,20-21H,4,7,10,12H2,(H,22,23);2*1H. The predicted molar refractivity (Wildman–Crippen MR) is 109 cm³/mol. The van der Waals surface area contributed by atoms with E-state index in [0.717, 1.165) is 30.8 Å². The van der Waals surface area contributed by atoms with Crippen LogP contribution in [0.4, 0.5) is 11.4 Å². The summed E-state index contributed by atoms with van der Waals surface area (Å²) in [4.78, 5) is 12.1. The lowest BCUT2D eigenvalue weighted by molar-refractivity contribution is -0.117. The van der Waals surface area contributed by atoms with Crippen molar-refractivity contribution < 1.29 is 4.79 Å². The maximum atomic E-state index is 12.1. The van der Waals surface area contributed by atoms with Gasteiger partial charge in [-0.2, -0.15) is 0 Å². The van der Waals surface area contributed by atoms with Gasteiger partial charge in [-0.1, -0.05) is 41.9 Å². The van der Waals surface area contributed by atoms with Crippen LogP contribution in [0, 0.1) is 0 Å². The van der Waals surface area contributed by atoms with Crippen molar-refractivity contribution in [1.82, 2.24) is 5.32 Å². The predicted octanol–water partition coefficient (Wildman–Crippen LogP) is 4.49. The van der Waals surface area contributed by atoms with E-state index in [1.54, 1.807) is 6.07 Å². The molecule has 1 aliphatic heterocycles. The molecule has 0 aromatic heterocycles. The lowest BCUT2D eigenvalue weighted by Gasteiger charge is -2.13. The number of hydrogen-bond donors (Lipinski definition) is 3. The first-order valence-electron chi connectivity index (χ1n) is 7.84. The molecule has 0 aliphatic carbocycles. The number of rotatable bonds is 5. The lowest BCUT2D eigenvalue weighted by Crippen LogP contribution is -2.35. The third-order valence-corrected chi connectivity index (χ3v) is 4.25. The Bertz CT molecular complexity index is 677. The third kappa shape index (κ3) is 6.08. The van der Waals surface area contributed by atoms with E-state index in [0.29, 0.717) is 11.6 Å². The summed E-state index contributed by atoms with van der Waals surface area (Å²) in [5, 5.41) is 10.00. The average molecular weight is 403 g/mol. The van der Waals surface area contributed by atoms with Gasteiger partial charge >= 0.3 is 0 Å². The van der Waals surface area contributed by atoms with Crippen LogP contribution in [0.3, 0.4) is 0 Å². The maximum absolute atomic E-state index is 12.1. The third-order valence-electron chi connectivity index (χ3n) is 3.94.